The van der Waals surface area contributed by atoms with Crippen LogP contribution in [0.2, 0.25) is 0 Å². The maximum Gasteiger partial charge on any atom is 0.254 e. The third-order valence-electron chi connectivity index (χ3n) is 5.97. The maximum absolute atomic E-state index is 13.6. The van der Waals surface area contributed by atoms with E-state index in [2.05, 4.69) is 27.4 Å². The fourth-order valence-electron chi connectivity index (χ4n) is 4.20. The number of hydrogen-bond donors (Lipinski definition) is 1. The SMILES string of the molecule is CNC(=O)[C@@H]1CN(CCc2ccccc2)CCN1C(=O)c1ccccc1Cn1cccn1. The lowest BCUT2D eigenvalue weighted by Gasteiger charge is -2.40. The Morgan fingerprint density at radius 3 is 2.56 bits per heavy atom. The van der Waals surface area contributed by atoms with Crippen molar-refractivity contribution in [3.05, 3.63) is 89.7 Å². The molecule has 7 nitrogen and oxygen atoms in total. The van der Waals surface area contributed by atoms with Crippen LogP contribution in [0.25, 0.3) is 0 Å². The van der Waals surface area contributed by atoms with E-state index in [9.17, 15) is 9.59 Å². The molecule has 0 aliphatic carbocycles. The average Bonchev–Trinajstić information content (AvgIpc) is 3.36. The van der Waals surface area contributed by atoms with Gasteiger partial charge in [-0.05, 0) is 29.7 Å². The van der Waals surface area contributed by atoms with Crippen molar-refractivity contribution in [3.63, 3.8) is 0 Å². The van der Waals surface area contributed by atoms with Crippen LogP contribution in [0.1, 0.15) is 21.5 Å². The summed E-state index contributed by atoms with van der Waals surface area (Å²) in [4.78, 5) is 30.3. The Morgan fingerprint density at radius 2 is 1.81 bits per heavy atom. The van der Waals surface area contributed by atoms with Crippen molar-refractivity contribution >= 4 is 11.8 Å². The third-order valence-corrected chi connectivity index (χ3v) is 5.97. The van der Waals surface area contributed by atoms with Crippen molar-refractivity contribution in [3.8, 4) is 0 Å². The fraction of sp³-hybridized carbons (Fsp3) is 0.320. The smallest absolute Gasteiger partial charge is 0.254 e. The molecule has 1 aromatic heterocycles. The van der Waals surface area contributed by atoms with Gasteiger partial charge in [-0.15, -0.1) is 0 Å². The lowest BCUT2D eigenvalue weighted by atomic mass is 10.0. The predicted molar refractivity (Wildman–Crippen MR) is 123 cm³/mol. The standard InChI is InChI=1S/C25H29N5O2/c1-26-24(31)23-19-28(15-12-20-8-3-2-4-9-20)16-17-30(23)25(32)22-11-6-5-10-21(22)18-29-14-7-13-27-29/h2-11,13-14,23H,12,15-19H2,1H3,(H,26,31)/t23-/m0/s1. The first-order chi connectivity index (χ1) is 15.7. The van der Waals surface area contributed by atoms with Crippen LogP contribution in [0.3, 0.4) is 0 Å². The second-order valence-electron chi connectivity index (χ2n) is 8.03. The van der Waals surface area contributed by atoms with Crippen LogP contribution in [0.15, 0.2) is 73.1 Å². The van der Waals surface area contributed by atoms with Crippen molar-refractivity contribution in [2.45, 2.75) is 19.0 Å². The summed E-state index contributed by atoms with van der Waals surface area (Å²) in [5.41, 5.74) is 2.79. The van der Waals surface area contributed by atoms with Gasteiger partial charge in [0, 0.05) is 51.2 Å². The molecule has 1 fully saturated rings. The topological polar surface area (TPSA) is 70.5 Å². The first kappa shape index (κ1) is 21.8. The Hall–Kier alpha value is -3.45. The fourth-order valence-corrected chi connectivity index (χ4v) is 4.20. The van der Waals surface area contributed by atoms with E-state index in [4.69, 9.17) is 0 Å². The number of amides is 2. The van der Waals surface area contributed by atoms with Gasteiger partial charge in [-0.3, -0.25) is 19.2 Å². The van der Waals surface area contributed by atoms with Crippen LogP contribution in [-0.2, 0) is 17.8 Å². The van der Waals surface area contributed by atoms with Crippen molar-refractivity contribution in [2.24, 2.45) is 0 Å². The van der Waals surface area contributed by atoms with Gasteiger partial charge >= 0.3 is 0 Å². The molecule has 0 saturated carbocycles. The lowest BCUT2D eigenvalue weighted by molar-refractivity contribution is -0.127. The number of benzene rings is 2. The number of hydrogen-bond acceptors (Lipinski definition) is 4. The normalized spacial score (nSPS) is 16.7. The summed E-state index contributed by atoms with van der Waals surface area (Å²) in [5.74, 6) is -0.239. The maximum atomic E-state index is 13.6. The summed E-state index contributed by atoms with van der Waals surface area (Å²) < 4.78 is 1.80. The Bertz CT molecular complexity index is 1040. The molecular formula is C25H29N5O2. The molecule has 1 saturated heterocycles. The highest BCUT2D eigenvalue weighted by Crippen LogP contribution is 2.19. The number of nitrogens with one attached hydrogen (secondary N) is 1. The molecule has 2 aromatic carbocycles. The van der Waals surface area contributed by atoms with Gasteiger partial charge < -0.3 is 10.2 Å². The second kappa shape index (κ2) is 10.2. The van der Waals surface area contributed by atoms with Crippen molar-refractivity contribution in [2.75, 3.05) is 33.2 Å². The van der Waals surface area contributed by atoms with Gasteiger partial charge in [0.25, 0.3) is 5.91 Å². The van der Waals surface area contributed by atoms with Gasteiger partial charge in [-0.1, -0.05) is 48.5 Å². The predicted octanol–water partition coefficient (Wildman–Crippen LogP) is 2.05. The molecule has 32 heavy (non-hydrogen) atoms. The Labute approximate surface area is 188 Å². The highest BCUT2D eigenvalue weighted by molar-refractivity contribution is 5.99. The van der Waals surface area contributed by atoms with E-state index in [0.717, 1.165) is 25.1 Å². The van der Waals surface area contributed by atoms with Crippen LogP contribution in [-0.4, -0.2) is 70.7 Å². The van der Waals surface area contributed by atoms with Crippen LogP contribution in [0.5, 0.6) is 0 Å². The quantitative estimate of drug-likeness (QED) is 0.622. The summed E-state index contributed by atoms with van der Waals surface area (Å²) in [6.45, 7) is 3.15. The van der Waals surface area contributed by atoms with Gasteiger partial charge in [0.15, 0.2) is 0 Å². The zero-order valence-corrected chi connectivity index (χ0v) is 18.4. The minimum atomic E-state index is -0.519. The van der Waals surface area contributed by atoms with E-state index in [1.54, 1.807) is 22.8 Å². The third kappa shape index (κ3) is 5.06. The molecule has 0 unspecified atom stereocenters. The van der Waals surface area contributed by atoms with Crippen LogP contribution >= 0.6 is 0 Å². The molecule has 2 heterocycles. The highest BCUT2D eigenvalue weighted by atomic mass is 16.2. The van der Waals surface area contributed by atoms with Crippen molar-refractivity contribution in [1.82, 2.24) is 24.9 Å². The Kier molecular flexibility index (Phi) is 6.97. The molecule has 1 aliphatic heterocycles. The number of carbonyl (C=O) groups excluding carboxylic acids is 2. The molecule has 166 valence electrons. The number of rotatable bonds is 7. The lowest BCUT2D eigenvalue weighted by Crippen LogP contribution is -2.60. The van der Waals surface area contributed by atoms with Gasteiger partial charge in [0.1, 0.15) is 6.04 Å². The summed E-state index contributed by atoms with van der Waals surface area (Å²) >= 11 is 0. The molecule has 4 rings (SSSR count). The van der Waals surface area contributed by atoms with Crippen LogP contribution in [0, 0.1) is 0 Å². The van der Waals surface area contributed by atoms with E-state index in [0.29, 0.717) is 25.2 Å². The number of likely N-dealkylation sites (N-methyl/N-ethyl adjacent to an activating group) is 1. The first-order valence-corrected chi connectivity index (χ1v) is 11.0. The zero-order valence-electron chi connectivity index (χ0n) is 18.4. The monoisotopic (exact) mass is 431 g/mol. The molecule has 0 spiro atoms. The molecule has 3 aromatic rings. The van der Waals surface area contributed by atoms with E-state index < -0.39 is 6.04 Å². The molecular weight excluding hydrogens is 402 g/mol. The molecule has 1 atom stereocenters. The van der Waals surface area contributed by atoms with Crippen molar-refractivity contribution in [1.29, 1.82) is 0 Å². The average molecular weight is 432 g/mol. The van der Waals surface area contributed by atoms with Crippen LogP contribution in [0.4, 0.5) is 0 Å². The number of piperazine rings is 1. The minimum Gasteiger partial charge on any atom is -0.357 e. The van der Waals surface area contributed by atoms with E-state index in [1.807, 2.05) is 54.7 Å². The molecule has 7 heteroatoms. The highest BCUT2D eigenvalue weighted by Gasteiger charge is 2.35. The molecule has 2 amide bonds. The zero-order chi connectivity index (χ0) is 22.3. The Balaban J connectivity index is 1.49. The van der Waals surface area contributed by atoms with Gasteiger partial charge in [-0.2, -0.15) is 5.10 Å². The van der Waals surface area contributed by atoms with Gasteiger partial charge in [0.2, 0.25) is 5.91 Å². The van der Waals surface area contributed by atoms with E-state index in [-0.39, 0.29) is 11.8 Å². The summed E-state index contributed by atoms with van der Waals surface area (Å²) in [6, 6.07) is 19.2. The number of aromatic nitrogens is 2. The summed E-state index contributed by atoms with van der Waals surface area (Å²) in [5, 5.41) is 7.00. The molecule has 1 aliphatic rings. The molecule has 0 radical (unpaired) electrons. The summed E-state index contributed by atoms with van der Waals surface area (Å²) in [7, 11) is 1.62. The van der Waals surface area contributed by atoms with Gasteiger partial charge in [-0.25, -0.2) is 0 Å². The van der Waals surface area contributed by atoms with E-state index >= 15 is 0 Å². The molecule has 1 N–H and O–H groups in total. The second-order valence-corrected chi connectivity index (χ2v) is 8.03. The minimum absolute atomic E-state index is 0.107. The largest absolute Gasteiger partial charge is 0.357 e. The summed E-state index contributed by atoms with van der Waals surface area (Å²) in [6.07, 6.45) is 4.52. The molecule has 0 bridgehead atoms. The number of carbonyl (C=O) groups is 2. The van der Waals surface area contributed by atoms with E-state index in [1.165, 1.54) is 5.56 Å². The Morgan fingerprint density at radius 1 is 1.03 bits per heavy atom. The number of nitrogens with zero attached hydrogens (tertiary/aromatic N) is 4. The van der Waals surface area contributed by atoms with Gasteiger partial charge in [0.05, 0.1) is 6.54 Å². The van der Waals surface area contributed by atoms with Crippen molar-refractivity contribution < 1.29 is 9.59 Å². The van der Waals surface area contributed by atoms with Crippen LogP contribution < -0.4 is 5.32 Å². The first-order valence-electron chi connectivity index (χ1n) is 11.0.